The molecule has 0 bridgehead atoms. The van der Waals surface area contributed by atoms with Gasteiger partial charge in [-0.25, -0.2) is 0 Å². The summed E-state index contributed by atoms with van der Waals surface area (Å²) in [6.07, 6.45) is 2.66. The molecule has 0 saturated carbocycles. The fourth-order valence-corrected chi connectivity index (χ4v) is 2.67. The number of rotatable bonds is 7. The van der Waals surface area contributed by atoms with Crippen LogP contribution in [0.2, 0.25) is 0 Å². The summed E-state index contributed by atoms with van der Waals surface area (Å²) in [5.41, 5.74) is 2.49. The van der Waals surface area contributed by atoms with Crippen LogP contribution < -0.4 is 4.74 Å². The van der Waals surface area contributed by atoms with Crippen LogP contribution in [0.3, 0.4) is 0 Å². The fourth-order valence-electron chi connectivity index (χ4n) is 2.67. The molecule has 0 amide bonds. The van der Waals surface area contributed by atoms with E-state index in [9.17, 15) is 0 Å². The summed E-state index contributed by atoms with van der Waals surface area (Å²) in [6.45, 7) is 12.2. The molecule has 0 radical (unpaired) electrons. The molecule has 2 rings (SSSR count). The molecule has 0 spiro atoms. The van der Waals surface area contributed by atoms with Gasteiger partial charge in [0.1, 0.15) is 12.4 Å². The molecule has 0 aromatic heterocycles. The normalized spacial score (nSPS) is 17.1. The molecule has 21 heavy (non-hydrogen) atoms. The van der Waals surface area contributed by atoms with E-state index in [0.717, 1.165) is 24.8 Å². The molecule has 0 unspecified atom stereocenters. The summed E-state index contributed by atoms with van der Waals surface area (Å²) >= 11 is 0. The maximum Gasteiger partial charge on any atom is 0.122 e. The minimum absolute atomic E-state index is 0.626. The summed E-state index contributed by atoms with van der Waals surface area (Å²) in [4.78, 5) is 2.51. The van der Waals surface area contributed by atoms with Gasteiger partial charge in [0.05, 0.1) is 13.2 Å². The first kappa shape index (κ1) is 16.3. The van der Waals surface area contributed by atoms with E-state index in [1.807, 2.05) is 12.1 Å². The highest BCUT2D eigenvalue weighted by molar-refractivity contribution is 5.38. The Bertz CT molecular complexity index is 425. The number of ether oxygens (including phenoxy) is 2. The minimum Gasteiger partial charge on any atom is -0.491 e. The van der Waals surface area contributed by atoms with E-state index in [-0.39, 0.29) is 0 Å². The maximum atomic E-state index is 5.79. The van der Waals surface area contributed by atoms with E-state index in [1.54, 1.807) is 0 Å². The third-order valence-electron chi connectivity index (χ3n) is 4.47. The largest absolute Gasteiger partial charge is 0.491 e. The second-order valence-corrected chi connectivity index (χ2v) is 6.18. The molecule has 1 aliphatic rings. The van der Waals surface area contributed by atoms with Gasteiger partial charge >= 0.3 is 0 Å². The smallest absolute Gasteiger partial charge is 0.122 e. The molecule has 3 nitrogen and oxygen atoms in total. The average Bonchev–Trinajstić information content (AvgIpc) is 2.49. The molecule has 1 heterocycles. The first-order chi connectivity index (χ1) is 10.2. The minimum atomic E-state index is 0.626. The summed E-state index contributed by atoms with van der Waals surface area (Å²) < 4.78 is 11.5. The Morgan fingerprint density at radius 2 is 1.86 bits per heavy atom. The highest BCUT2D eigenvalue weighted by atomic mass is 16.5. The van der Waals surface area contributed by atoms with Gasteiger partial charge in [0.2, 0.25) is 0 Å². The highest BCUT2D eigenvalue weighted by Gasteiger charge is 2.14. The highest BCUT2D eigenvalue weighted by Crippen LogP contribution is 2.20. The van der Waals surface area contributed by atoms with Gasteiger partial charge in [-0.3, -0.25) is 0 Å². The lowest BCUT2D eigenvalue weighted by Gasteiger charge is -2.29. The van der Waals surface area contributed by atoms with Crippen molar-refractivity contribution in [2.45, 2.75) is 33.6 Å². The number of nitrogens with zero attached hydrogens (tertiary/aromatic N) is 1. The van der Waals surface area contributed by atoms with E-state index >= 15 is 0 Å². The standard InChI is InChI=1S/C18H29NO2/c1-15-7-9-19(10-8-15)11-12-20-13-14-21-18-6-4-5-16(2)17(18)3/h4-6,15H,7-14H2,1-3H3. The van der Waals surface area contributed by atoms with Crippen LogP contribution in [0.5, 0.6) is 5.75 Å². The van der Waals surface area contributed by atoms with Crippen LogP contribution in [0.25, 0.3) is 0 Å². The number of likely N-dealkylation sites (tertiary alicyclic amines) is 1. The fraction of sp³-hybridized carbons (Fsp3) is 0.667. The van der Waals surface area contributed by atoms with E-state index in [1.165, 1.54) is 37.1 Å². The number of hydrogen-bond donors (Lipinski definition) is 0. The van der Waals surface area contributed by atoms with E-state index < -0.39 is 0 Å². The van der Waals surface area contributed by atoms with E-state index in [0.29, 0.717) is 13.2 Å². The summed E-state index contributed by atoms with van der Waals surface area (Å²) in [7, 11) is 0. The topological polar surface area (TPSA) is 21.7 Å². The van der Waals surface area contributed by atoms with Crippen molar-refractivity contribution in [2.24, 2.45) is 5.92 Å². The van der Waals surface area contributed by atoms with Crippen molar-refractivity contribution in [1.82, 2.24) is 4.90 Å². The molecular formula is C18H29NO2. The maximum absolute atomic E-state index is 5.79. The van der Waals surface area contributed by atoms with Gasteiger partial charge in [-0.1, -0.05) is 19.1 Å². The van der Waals surface area contributed by atoms with E-state index in [4.69, 9.17) is 9.47 Å². The molecule has 0 atom stereocenters. The van der Waals surface area contributed by atoms with Crippen LogP contribution in [-0.4, -0.2) is 44.4 Å². The van der Waals surface area contributed by atoms with Crippen molar-refractivity contribution >= 4 is 0 Å². The summed E-state index contributed by atoms with van der Waals surface area (Å²) in [5.74, 6) is 1.87. The molecule has 0 N–H and O–H groups in total. The SMILES string of the molecule is Cc1cccc(OCCOCCN2CCC(C)CC2)c1C. The second kappa shape index (κ2) is 8.40. The predicted octanol–water partition coefficient (Wildman–Crippen LogP) is 3.43. The number of hydrogen-bond acceptors (Lipinski definition) is 3. The van der Waals surface area contributed by atoms with Crippen molar-refractivity contribution in [3.8, 4) is 5.75 Å². The zero-order valence-corrected chi connectivity index (χ0v) is 13.7. The van der Waals surface area contributed by atoms with Crippen LogP contribution >= 0.6 is 0 Å². The number of benzene rings is 1. The van der Waals surface area contributed by atoms with Crippen LogP contribution in [0.15, 0.2) is 18.2 Å². The van der Waals surface area contributed by atoms with Gasteiger partial charge in [0, 0.05) is 6.54 Å². The van der Waals surface area contributed by atoms with Crippen LogP contribution in [0.4, 0.5) is 0 Å². The van der Waals surface area contributed by atoms with Crippen LogP contribution in [0.1, 0.15) is 30.9 Å². The summed E-state index contributed by atoms with van der Waals surface area (Å²) in [6, 6.07) is 6.17. The molecular weight excluding hydrogens is 262 g/mol. The number of piperidine rings is 1. The Balaban J connectivity index is 1.55. The zero-order chi connectivity index (χ0) is 15.1. The monoisotopic (exact) mass is 291 g/mol. The average molecular weight is 291 g/mol. The molecule has 1 saturated heterocycles. The van der Waals surface area contributed by atoms with E-state index in [2.05, 4.69) is 31.7 Å². The van der Waals surface area contributed by atoms with Gasteiger partial charge in [-0.15, -0.1) is 0 Å². The second-order valence-electron chi connectivity index (χ2n) is 6.18. The van der Waals surface area contributed by atoms with Crippen molar-refractivity contribution < 1.29 is 9.47 Å². The molecule has 3 heteroatoms. The molecule has 118 valence electrons. The van der Waals surface area contributed by atoms with Gasteiger partial charge in [-0.2, -0.15) is 0 Å². The molecule has 1 fully saturated rings. The van der Waals surface area contributed by atoms with Crippen molar-refractivity contribution in [2.75, 3.05) is 39.5 Å². The first-order valence-corrected chi connectivity index (χ1v) is 8.16. The Labute approximate surface area is 129 Å². The van der Waals surface area contributed by atoms with Crippen molar-refractivity contribution in [3.05, 3.63) is 29.3 Å². The Morgan fingerprint density at radius 1 is 1.10 bits per heavy atom. The quantitative estimate of drug-likeness (QED) is 0.718. The predicted molar refractivity (Wildman–Crippen MR) is 87.1 cm³/mol. The molecule has 1 aliphatic heterocycles. The lowest BCUT2D eigenvalue weighted by molar-refractivity contribution is 0.0707. The Hall–Kier alpha value is -1.06. The van der Waals surface area contributed by atoms with Gasteiger partial charge in [0.15, 0.2) is 0 Å². The first-order valence-electron chi connectivity index (χ1n) is 8.16. The molecule has 1 aromatic rings. The van der Waals surface area contributed by atoms with Crippen LogP contribution in [-0.2, 0) is 4.74 Å². The van der Waals surface area contributed by atoms with Crippen molar-refractivity contribution in [1.29, 1.82) is 0 Å². The molecule has 1 aromatic carbocycles. The number of aryl methyl sites for hydroxylation is 1. The van der Waals surface area contributed by atoms with Gasteiger partial charge in [-0.05, 0) is 62.9 Å². The van der Waals surface area contributed by atoms with Gasteiger partial charge < -0.3 is 14.4 Å². The van der Waals surface area contributed by atoms with Gasteiger partial charge in [0.25, 0.3) is 0 Å². The summed E-state index contributed by atoms with van der Waals surface area (Å²) in [5, 5.41) is 0. The van der Waals surface area contributed by atoms with Crippen molar-refractivity contribution in [3.63, 3.8) is 0 Å². The lowest BCUT2D eigenvalue weighted by atomic mass is 9.99. The Morgan fingerprint density at radius 3 is 2.62 bits per heavy atom. The lowest BCUT2D eigenvalue weighted by Crippen LogP contribution is -2.35. The Kier molecular flexibility index (Phi) is 6.52. The third kappa shape index (κ3) is 5.33. The third-order valence-corrected chi connectivity index (χ3v) is 4.47. The molecule has 0 aliphatic carbocycles. The zero-order valence-electron chi connectivity index (χ0n) is 13.7. The van der Waals surface area contributed by atoms with Crippen LogP contribution in [0, 0.1) is 19.8 Å².